The van der Waals surface area contributed by atoms with Gasteiger partial charge in [0.05, 0.1) is 13.2 Å². The molecule has 1 aromatic rings. The summed E-state index contributed by atoms with van der Waals surface area (Å²) in [6.07, 6.45) is 2.49. The Hall–Kier alpha value is -0.900. The third kappa shape index (κ3) is 3.35. The van der Waals surface area contributed by atoms with Crippen LogP contribution in [0.25, 0.3) is 0 Å². The van der Waals surface area contributed by atoms with Gasteiger partial charge in [-0.25, -0.2) is 0 Å². The van der Waals surface area contributed by atoms with Crippen molar-refractivity contribution in [1.29, 1.82) is 0 Å². The van der Waals surface area contributed by atoms with Gasteiger partial charge in [-0.05, 0) is 25.3 Å². The summed E-state index contributed by atoms with van der Waals surface area (Å²) < 4.78 is 5.59. The van der Waals surface area contributed by atoms with Crippen LogP contribution in [0.4, 0.5) is 0 Å². The van der Waals surface area contributed by atoms with Crippen molar-refractivity contribution in [3.8, 4) is 0 Å². The molecule has 19 heavy (non-hydrogen) atoms. The van der Waals surface area contributed by atoms with Crippen LogP contribution in [0, 0.1) is 6.92 Å². The molecule has 0 aliphatic carbocycles. The van der Waals surface area contributed by atoms with Gasteiger partial charge in [0.2, 0.25) is 0 Å². The molecule has 0 radical (unpaired) electrons. The minimum atomic E-state index is 0.637. The summed E-state index contributed by atoms with van der Waals surface area (Å²) in [5, 5.41) is 3.71. The molecule has 2 saturated heterocycles. The van der Waals surface area contributed by atoms with Crippen LogP contribution in [0.2, 0.25) is 0 Å². The maximum Gasteiger partial charge on any atom is 0.0623 e. The fraction of sp³-hybridized carbons (Fsp3) is 0.625. The molecular weight excluding hydrogens is 236 g/mol. The number of piperidine rings is 1. The first-order chi connectivity index (χ1) is 9.31. The Kier molecular flexibility index (Phi) is 4.16. The van der Waals surface area contributed by atoms with Crippen LogP contribution >= 0.6 is 0 Å². The van der Waals surface area contributed by atoms with Gasteiger partial charge in [0.1, 0.15) is 0 Å². The first-order valence-electron chi connectivity index (χ1n) is 7.42. The number of nitrogens with zero attached hydrogens (tertiary/aromatic N) is 1. The molecule has 2 fully saturated rings. The van der Waals surface area contributed by atoms with Gasteiger partial charge in [-0.3, -0.25) is 4.90 Å². The van der Waals surface area contributed by atoms with Crippen molar-refractivity contribution in [2.75, 3.05) is 26.3 Å². The Balaban J connectivity index is 1.49. The van der Waals surface area contributed by atoms with Crippen molar-refractivity contribution < 1.29 is 4.74 Å². The molecule has 0 bridgehead atoms. The number of aryl methyl sites for hydroxylation is 1. The molecule has 0 aromatic heterocycles. The van der Waals surface area contributed by atoms with Crippen LogP contribution in [-0.2, 0) is 11.3 Å². The van der Waals surface area contributed by atoms with Crippen LogP contribution < -0.4 is 5.32 Å². The zero-order valence-corrected chi connectivity index (χ0v) is 11.8. The zero-order valence-electron chi connectivity index (χ0n) is 11.8. The average molecular weight is 260 g/mol. The molecule has 0 saturated carbocycles. The summed E-state index contributed by atoms with van der Waals surface area (Å²) in [6, 6.07) is 10.1. The Morgan fingerprint density at radius 3 is 2.95 bits per heavy atom. The van der Waals surface area contributed by atoms with Gasteiger partial charge in [0, 0.05) is 31.7 Å². The maximum atomic E-state index is 5.59. The second-order valence-corrected chi connectivity index (χ2v) is 5.85. The molecular formula is C16H24N2O. The summed E-state index contributed by atoms with van der Waals surface area (Å²) in [4.78, 5) is 2.59. The summed E-state index contributed by atoms with van der Waals surface area (Å²) in [7, 11) is 0. The first kappa shape index (κ1) is 13.1. The monoisotopic (exact) mass is 260 g/mol. The summed E-state index contributed by atoms with van der Waals surface area (Å²) in [5.41, 5.74) is 2.71. The van der Waals surface area contributed by atoms with Crippen molar-refractivity contribution in [3.63, 3.8) is 0 Å². The lowest BCUT2D eigenvalue weighted by Gasteiger charge is -2.42. The van der Waals surface area contributed by atoms with Gasteiger partial charge in [0.15, 0.2) is 0 Å². The van der Waals surface area contributed by atoms with Crippen molar-refractivity contribution >= 4 is 0 Å². The molecule has 2 aliphatic heterocycles. The van der Waals surface area contributed by atoms with Crippen LogP contribution in [0.3, 0.4) is 0 Å². The first-order valence-corrected chi connectivity index (χ1v) is 7.42. The van der Waals surface area contributed by atoms with Gasteiger partial charge in [0.25, 0.3) is 0 Å². The van der Waals surface area contributed by atoms with E-state index in [4.69, 9.17) is 4.74 Å². The number of fused-ring (bicyclic) bond motifs is 1. The lowest BCUT2D eigenvalue weighted by Crippen LogP contribution is -2.53. The molecule has 3 heteroatoms. The van der Waals surface area contributed by atoms with Gasteiger partial charge in [-0.2, -0.15) is 0 Å². The molecule has 2 atom stereocenters. The van der Waals surface area contributed by atoms with E-state index in [-0.39, 0.29) is 0 Å². The van der Waals surface area contributed by atoms with E-state index in [2.05, 4.69) is 41.4 Å². The highest BCUT2D eigenvalue weighted by Crippen LogP contribution is 2.20. The molecule has 0 unspecified atom stereocenters. The second kappa shape index (κ2) is 6.04. The molecule has 104 valence electrons. The number of rotatable bonds is 3. The minimum Gasteiger partial charge on any atom is -0.378 e. The van der Waals surface area contributed by atoms with Crippen molar-refractivity contribution in [1.82, 2.24) is 10.2 Å². The highest BCUT2D eigenvalue weighted by Gasteiger charge is 2.30. The van der Waals surface area contributed by atoms with E-state index in [0.29, 0.717) is 12.1 Å². The second-order valence-electron chi connectivity index (χ2n) is 5.85. The number of hydrogen-bond acceptors (Lipinski definition) is 3. The molecule has 2 aliphatic rings. The summed E-state index contributed by atoms with van der Waals surface area (Å²) in [5.74, 6) is 0. The van der Waals surface area contributed by atoms with E-state index >= 15 is 0 Å². The Bertz CT molecular complexity index is 404. The van der Waals surface area contributed by atoms with Crippen LogP contribution in [0.1, 0.15) is 24.0 Å². The van der Waals surface area contributed by atoms with E-state index in [9.17, 15) is 0 Å². The number of morpholine rings is 1. The van der Waals surface area contributed by atoms with E-state index in [1.807, 2.05) is 0 Å². The molecule has 0 amide bonds. The fourth-order valence-corrected chi connectivity index (χ4v) is 3.12. The Morgan fingerprint density at radius 1 is 1.26 bits per heavy atom. The average Bonchev–Trinajstić information content (AvgIpc) is 2.46. The van der Waals surface area contributed by atoms with Gasteiger partial charge in [-0.1, -0.05) is 29.8 Å². The number of ether oxygens (including phenoxy) is 1. The van der Waals surface area contributed by atoms with Crippen molar-refractivity contribution in [3.05, 3.63) is 35.4 Å². The Labute approximate surface area is 115 Å². The lowest BCUT2D eigenvalue weighted by atomic mass is 9.96. The quantitative estimate of drug-likeness (QED) is 0.899. The standard InChI is InChI=1S/C16H24N2O/c1-13-2-4-14(5-3-13)11-17-15-6-7-18-8-9-19-12-16(18)10-15/h2-5,15-17H,6-12H2,1H3/t15-,16+/m0/s1. The van der Waals surface area contributed by atoms with Gasteiger partial charge >= 0.3 is 0 Å². The smallest absolute Gasteiger partial charge is 0.0623 e. The fourth-order valence-electron chi connectivity index (χ4n) is 3.12. The van der Waals surface area contributed by atoms with E-state index in [1.54, 1.807) is 0 Å². The summed E-state index contributed by atoms with van der Waals surface area (Å²) >= 11 is 0. The topological polar surface area (TPSA) is 24.5 Å². The largest absolute Gasteiger partial charge is 0.378 e. The number of nitrogens with one attached hydrogen (secondary N) is 1. The lowest BCUT2D eigenvalue weighted by molar-refractivity contribution is -0.0298. The van der Waals surface area contributed by atoms with Crippen LogP contribution in [-0.4, -0.2) is 43.3 Å². The van der Waals surface area contributed by atoms with E-state index < -0.39 is 0 Å². The predicted molar refractivity (Wildman–Crippen MR) is 77.2 cm³/mol. The van der Waals surface area contributed by atoms with Gasteiger partial charge < -0.3 is 10.1 Å². The third-order valence-corrected chi connectivity index (χ3v) is 4.39. The highest BCUT2D eigenvalue weighted by molar-refractivity contribution is 5.21. The van der Waals surface area contributed by atoms with E-state index in [0.717, 1.165) is 26.3 Å². The van der Waals surface area contributed by atoms with Crippen LogP contribution in [0.5, 0.6) is 0 Å². The predicted octanol–water partition coefficient (Wildman–Crippen LogP) is 1.95. The SMILES string of the molecule is Cc1ccc(CN[C@H]2CCN3CCOC[C@H]3C2)cc1. The molecule has 3 nitrogen and oxygen atoms in total. The summed E-state index contributed by atoms with van der Waals surface area (Å²) in [6.45, 7) is 7.30. The number of hydrogen-bond donors (Lipinski definition) is 1. The highest BCUT2D eigenvalue weighted by atomic mass is 16.5. The van der Waals surface area contributed by atoms with Crippen molar-refractivity contribution in [2.24, 2.45) is 0 Å². The maximum absolute atomic E-state index is 5.59. The molecule has 0 spiro atoms. The minimum absolute atomic E-state index is 0.637. The van der Waals surface area contributed by atoms with Crippen molar-refractivity contribution in [2.45, 2.75) is 38.4 Å². The molecule has 1 aromatic carbocycles. The molecule has 3 rings (SSSR count). The zero-order chi connectivity index (χ0) is 13.1. The van der Waals surface area contributed by atoms with Gasteiger partial charge in [-0.15, -0.1) is 0 Å². The molecule has 2 heterocycles. The molecule has 1 N–H and O–H groups in total. The normalized spacial score (nSPS) is 28.1. The third-order valence-electron chi connectivity index (χ3n) is 4.39. The Morgan fingerprint density at radius 2 is 2.11 bits per heavy atom. The number of benzene rings is 1. The van der Waals surface area contributed by atoms with Crippen LogP contribution in [0.15, 0.2) is 24.3 Å². The van der Waals surface area contributed by atoms with E-state index in [1.165, 1.54) is 30.5 Å².